The van der Waals surface area contributed by atoms with E-state index in [4.69, 9.17) is 9.57 Å². The lowest BCUT2D eigenvalue weighted by molar-refractivity contribution is -0.110. The van der Waals surface area contributed by atoms with Crippen molar-refractivity contribution in [1.82, 2.24) is 4.98 Å². The molecule has 1 N–H and O–H groups in total. The smallest absolute Gasteiger partial charge is 0.280 e. The first kappa shape index (κ1) is 20.4. The lowest BCUT2D eigenvalue weighted by Gasteiger charge is -2.08. The number of hydrogen-bond acceptors (Lipinski definition) is 8. The highest BCUT2D eigenvalue weighted by Crippen LogP contribution is 2.33. The van der Waals surface area contributed by atoms with E-state index >= 15 is 0 Å². The number of carbonyl (C=O) groups excluding carboxylic acids is 1. The zero-order chi connectivity index (χ0) is 20.1. The van der Waals surface area contributed by atoms with Gasteiger partial charge in [0.25, 0.3) is 5.91 Å². The maximum Gasteiger partial charge on any atom is 0.280 e. The third kappa shape index (κ3) is 4.91. The molecule has 0 saturated heterocycles. The quantitative estimate of drug-likeness (QED) is 0.374. The normalized spacial score (nSPS) is 14.7. The van der Waals surface area contributed by atoms with E-state index in [9.17, 15) is 17.6 Å². The Morgan fingerprint density at radius 2 is 2.04 bits per heavy atom. The highest BCUT2D eigenvalue weighted by Gasteiger charge is 2.36. The molecule has 1 aromatic heterocycles. The van der Waals surface area contributed by atoms with Gasteiger partial charge in [0.1, 0.15) is 6.61 Å². The second kappa shape index (κ2) is 8.76. The molecule has 0 spiro atoms. The summed E-state index contributed by atoms with van der Waals surface area (Å²) in [6.07, 6.45) is 2.32. The van der Waals surface area contributed by atoms with Gasteiger partial charge >= 0.3 is 0 Å². The molecule has 8 nitrogen and oxygen atoms in total. The van der Waals surface area contributed by atoms with Crippen molar-refractivity contribution in [3.63, 3.8) is 0 Å². The fourth-order valence-corrected chi connectivity index (χ4v) is 4.49. The molecule has 0 radical (unpaired) electrons. The number of carbonyl (C=O) groups is 1. The van der Waals surface area contributed by atoms with E-state index in [-0.39, 0.29) is 34.2 Å². The van der Waals surface area contributed by atoms with E-state index in [1.54, 1.807) is 0 Å². The highest BCUT2D eigenvalue weighted by molar-refractivity contribution is 7.92. The van der Waals surface area contributed by atoms with Gasteiger partial charge in [-0.25, -0.2) is 13.4 Å². The summed E-state index contributed by atoms with van der Waals surface area (Å²) in [7, 11) is -1.84. The Hall–Kier alpha value is -2.37. The molecular formula is C17H18FN3O5S2. The molecule has 1 heterocycles. The van der Waals surface area contributed by atoms with Gasteiger partial charge in [-0.3, -0.25) is 10.1 Å². The highest BCUT2D eigenvalue weighted by atomic mass is 32.2. The van der Waals surface area contributed by atoms with Gasteiger partial charge in [-0.2, -0.15) is 4.39 Å². The number of amides is 1. The predicted molar refractivity (Wildman–Crippen MR) is 102 cm³/mol. The predicted octanol–water partition coefficient (Wildman–Crippen LogP) is 2.22. The van der Waals surface area contributed by atoms with Crippen molar-refractivity contribution in [1.29, 1.82) is 0 Å². The molecule has 0 bridgehead atoms. The lowest BCUT2D eigenvalue weighted by atomic mass is 10.1. The average molecular weight is 427 g/mol. The number of thiazole rings is 1. The molecule has 0 aliphatic heterocycles. The molecule has 1 aliphatic rings. The van der Waals surface area contributed by atoms with Crippen LogP contribution >= 0.6 is 11.3 Å². The summed E-state index contributed by atoms with van der Waals surface area (Å²) in [4.78, 5) is 21.6. The van der Waals surface area contributed by atoms with Gasteiger partial charge in [0, 0.05) is 12.7 Å². The molecule has 1 amide bonds. The Bertz CT molecular complexity index is 969. The maximum absolute atomic E-state index is 13.1. The van der Waals surface area contributed by atoms with E-state index in [2.05, 4.69) is 15.5 Å². The number of sulfone groups is 1. The van der Waals surface area contributed by atoms with Gasteiger partial charge in [-0.05, 0) is 25.0 Å². The molecule has 0 atom stereocenters. The Balaban J connectivity index is 1.82. The minimum Gasteiger partial charge on any atom is -0.393 e. The van der Waals surface area contributed by atoms with Crippen LogP contribution in [0, 0.1) is 5.13 Å². The number of halogens is 1. The van der Waals surface area contributed by atoms with Gasteiger partial charge in [-0.1, -0.05) is 28.6 Å². The largest absolute Gasteiger partial charge is 0.393 e. The SMILES string of the molecule is COCCO/N=C(/C(=O)Nc1ncc(F)s1)c1ccc(S(=O)(=O)C2CC2)cc1. The first-order valence-electron chi connectivity index (χ1n) is 8.37. The first-order valence-corrected chi connectivity index (χ1v) is 10.7. The van der Waals surface area contributed by atoms with Crippen molar-refractivity contribution >= 4 is 37.9 Å². The number of oxime groups is 1. The van der Waals surface area contributed by atoms with Crippen molar-refractivity contribution < 1.29 is 27.2 Å². The summed E-state index contributed by atoms with van der Waals surface area (Å²) >= 11 is 0.672. The summed E-state index contributed by atoms with van der Waals surface area (Å²) in [5, 5.41) is 5.48. The molecule has 1 aromatic carbocycles. The molecule has 0 unspecified atom stereocenters. The van der Waals surface area contributed by atoms with Crippen LogP contribution in [0.5, 0.6) is 0 Å². The van der Waals surface area contributed by atoms with Crippen LogP contribution in [0.15, 0.2) is 40.5 Å². The first-order chi connectivity index (χ1) is 13.4. The van der Waals surface area contributed by atoms with Crippen LogP contribution in [0.4, 0.5) is 9.52 Å². The number of methoxy groups -OCH3 is 1. The van der Waals surface area contributed by atoms with Crippen molar-refractivity contribution in [2.75, 3.05) is 25.6 Å². The molecule has 3 rings (SSSR count). The number of nitrogens with zero attached hydrogens (tertiary/aromatic N) is 2. The second-order valence-electron chi connectivity index (χ2n) is 5.96. The van der Waals surface area contributed by atoms with Crippen molar-refractivity contribution in [2.45, 2.75) is 23.0 Å². The molecular weight excluding hydrogens is 409 g/mol. The topological polar surface area (TPSA) is 107 Å². The maximum atomic E-state index is 13.1. The van der Waals surface area contributed by atoms with Crippen molar-refractivity contribution in [2.24, 2.45) is 5.16 Å². The molecule has 1 saturated carbocycles. The minimum atomic E-state index is -3.34. The zero-order valence-corrected chi connectivity index (χ0v) is 16.6. The van der Waals surface area contributed by atoms with Crippen LogP contribution in [0.2, 0.25) is 0 Å². The number of rotatable bonds is 9. The van der Waals surface area contributed by atoms with Crippen LogP contribution in [-0.2, 0) is 24.2 Å². The Morgan fingerprint density at radius 3 is 2.61 bits per heavy atom. The molecule has 11 heteroatoms. The summed E-state index contributed by atoms with van der Waals surface area (Å²) in [5.74, 6) is -0.662. The van der Waals surface area contributed by atoms with E-state index in [1.807, 2.05) is 0 Å². The van der Waals surface area contributed by atoms with Gasteiger partial charge in [0.05, 0.1) is 22.9 Å². The minimum absolute atomic E-state index is 0.0695. The number of ether oxygens (including phenoxy) is 1. The Kier molecular flexibility index (Phi) is 6.37. The molecule has 2 aromatic rings. The third-order valence-corrected chi connectivity index (χ3v) is 6.85. The van der Waals surface area contributed by atoms with Crippen molar-refractivity contribution in [3.05, 3.63) is 41.2 Å². The average Bonchev–Trinajstić information content (AvgIpc) is 3.46. The molecule has 1 aliphatic carbocycles. The fraction of sp³-hybridized carbons (Fsp3) is 0.353. The second-order valence-corrected chi connectivity index (χ2v) is 9.17. The van der Waals surface area contributed by atoms with Crippen LogP contribution < -0.4 is 5.32 Å². The summed E-state index contributed by atoms with van der Waals surface area (Å²) in [5.41, 5.74) is 0.253. The number of hydrogen-bond donors (Lipinski definition) is 1. The molecule has 150 valence electrons. The van der Waals surface area contributed by atoms with Crippen LogP contribution in [0.1, 0.15) is 18.4 Å². The number of anilines is 1. The van der Waals surface area contributed by atoms with Crippen LogP contribution in [-0.4, -0.2) is 50.6 Å². The number of benzene rings is 1. The summed E-state index contributed by atoms with van der Waals surface area (Å²) < 4.78 is 42.6. The summed E-state index contributed by atoms with van der Waals surface area (Å²) in [6.45, 7) is 0.391. The number of nitrogens with one attached hydrogen (secondary N) is 1. The van der Waals surface area contributed by atoms with Gasteiger partial charge in [0.2, 0.25) is 0 Å². The monoisotopic (exact) mass is 427 g/mol. The van der Waals surface area contributed by atoms with E-state index in [1.165, 1.54) is 31.4 Å². The number of aromatic nitrogens is 1. The van der Waals surface area contributed by atoms with Gasteiger partial charge in [-0.15, -0.1) is 0 Å². The third-order valence-electron chi connectivity index (χ3n) is 3.87. The van der Waals surface area contributed by atoms with E-state index in [0.717, 1.165) is 6.20 Å². The van der Waals surface area contributed by atoms with Crippen LogP contribution in [0.3, 0.4) is 0 Å². The van der Waals surface area contributed by atoms with Gasteiger partial charge in [0.15, 0.2) is 25.8 Å². The van der Waals surface area contributed by atoms with E-state index < -0.39 is 20.9 Å². The fourth-order valence-electron chi connectivity index (χ4n) is 2.30. The lowest BCUT2D eigenvalue weighted by Crippen LogP contribution is -2.24. The zero-order valence-electron chi connectivity index (χ0n) is 14.9. The summed E-state index contributed by atoms with van der Waals surface area (Å²) in [6, 6.07) is 5.83. The standard InChI is InChI=1S/C17H18FN3O5S2/c1-25-8-9-26-21-15(16(22)20-17-19-10-14(18)27-17)11-2-4-12(5-3-11)28(23,24)13-6-7-13/h2-5,10,13H,6-9H2,1H3,(H,19,20,22)/b21-15+. The Labute approximate surface area is 165 Å². The molecule has 1 fully saturated rings. The van der Waals surface area contributed by atoms with Crippen LogP contribution in [0.25, 0.3) is 0 Å². The van der Waals surface area contributed by atoms with Crippen molar-refractivity contribution in [3.8, 4) is 0 Å². The Morgan fingerprint density at radius 1 is 1.32 bits per heavy atom. The van der Waals surface area contributed by atoms with Gasteiger partial charge < -0.3 is 9.57 Å². The molecule has 28 heavy (non-hydrogen) atoms. The van der Waals surface area contributed by atoms with E-state index in [0.29, 0.717) is 29.7 Å².